The number of rotatable bonds is 8. The van der Waals surface area contributed by atoms with Crippen molar-refractivity contribution >= 4 is 44.4 Å². The highest BCUT2D eigenvalue weighted by Gasteiger charge is 2.26. The molecule has 1 saturated heterocycles. The Morgan fingerprint density at radius 1 is 1.13 bits per heavy atom. The van der Waals surface area contributed by atoms with Crippen molar-refractivity contribution < 1.29 is 22.7 Å². The fourth-order valence-corrected chi connectivity index (χ4v) is 6.57. The van der Waals surface area contributed by atoms with E-state index in [0.29, 0.717) is 48.2 Å². The van der Waals surface area contributed by atoms with Gasteiger partial charge in [0.15, 0.2) is 6.61 Å². The van der Waals surface area contributed by atoms with Crippen LogP contribution in [0.1, 0.15) is 33.1 Å². The Bertz CT molecular complexity index is 1550. The quantitative estimate of drug-likeness (QED) is 0.408. The van der Waals surface area contributed by atoms with Gasteiger partial charge in [0.05, 0.1) is 35.2 Å². The minimum atomic E-state index is -3.58. The number of nitrogens with zero attached hydrogens (tertiary/aromatic N) is 4. The second kappa shape index (κ2) is 11.8. The van der Waals surface area contributed by atoms with Crippen molar-refractivity contribution in [2.45, 2.75) is 38.0 Å². The maximum absolute atomic E-state index is 13.0. The number of amides is 1. The van der Waals surface area contributed by atoms with Crippen LogP contribution in [0, 0.1) is 0 Å². The molecule has 1 fully saturated rings. The molecular weight excluding hydrogens is 538 g/mol. The molecule has 0 saturated carbocycles. The monoisotopic (exact) mass is 569 g/mol. The second-order valence-electron chi connectivity index (χ2n) is 9.32. The number of carbonyl (C=O) groups is 1. The van der Waals surface area contributed by atoms with Gasteiger partial charge in [-0.15, -0.1) is 11.3 Å². The zero-order valence-corrected chi connectivity index (χ0v) is 23.6. The summed E-state index contributed by atoms with van der Waals surface area (Å²) >= 11 is 1.43. The first-order valence-corrected chi connectivity index (χ1v) is 15.2. The Hall–Kier alpha value is -3.32. The average molecular weight is 570 g/mol. The molecule has 0 spiro atoms. The first kappa shape index (κ1) is 27.3. The number of ether oxygens (including phenoxy) is 2. The molecule has 0 atom stereocenters. The van der Waals surface area contributed by atoms with Gasteiger partial charge in [0, 0.05) is 29.7 Å². The molecule has 3 aromatic rings. The fraction of sp³-hybridized carbons (Fsp3) is 0.370. The minimum Gasteiger partial charge on any atom is -0.482 e. The van der Waals surface area contributed by atoms with Crippen LogP contribution >= 0.6 is 11.3 Å². The van der Waals surface area contributed by atoms with Crippen molar-refractivity contribution in [3.63, 3.8) is 0 Å². The lowest BCUT2D eigenvalue weighted by Gasteiger charge is -2.26. The SMILES string of the molecule is CCCCC(C)=Nn1c(-c2ccc3c(c2)NC(=O)CO3)csc1=Nc1ccc(S(=O)(=O)N2CCOCC2)cc1. The van der Waals surface area contributed by atoms with Crippen LogP contribution in [0.2, 0.25) is 0 Å². The molecule has 0 bridgehead atoms. The van der Waals surface area contributed by atoms with Crippen molar-refractivity contribution in [2.24, 2.45) is 10.1 Å². The molecule has 0 unspecified atom stereocenters. The number of fused-ring (bicyclic) bond motifs is 1. The number of nitrogens with one attached hydrogen (secondary N) is 1. The summed E-state index contributed by atoms with van der Waals surface area (Å²) in [6.07, 6.45) is 2.96. The van der Waals surface area contributed by atoms with E-state index in [9.17, 15) is 13.2 Å². The second-order valence-corrected chi connectivity index (χ2v) is 12.1. The lowest BCUT2D eigenvalue weighted by atomic mass is 10.1. The van der Waals surface area contributed by atoms with E-state index in [4.69, 9.17) is 19.6 Å². The number of benzene rings is 2. The number of hydrogen-bond acceptors (Lipinski definition) is 8. The third-order valence-corrected chi connectivity index (χ3v) is 9.15. The van der Waals surface area contributed by atoms with Crippen molar-refractivity contribution in [3.8, 4) is 17.0 Å². The topological polar surface area (TPSA) is 115 Å². The number of thiazole rings is 1. The molecule has 39 heavy (non-hydrogen) atoms. The highest BCUT2D eigenvalue weighted by Crippen LogP contribution is 2.33. The minimum absolute atomic E-state index is 0.00127. The zero-order chi connectivity index (χ0) is 27.4. The van der Waals surface area contributed by atoms with Gasteiger partial charge in [-0.05, 0) is 62.2 Å². The molecule has 2 aromatic carbocycles. The lowest BCUT2D eigenvalue weighted by molar-refractivity contribution is -0.118. The third kappa shape index (κ3) is 6.14. The summed E-state index contributed by atoms with van der Waals surface area (Å²) in [5.74, 6) is 0.431. The van der Waals surface area contributed by atoms with Gasteiger partial charge >= 0.3 is 0 Å². The Balaban J connectivity index is 1.51. The van der Waals surface area contributed by atoms with E-state index in [1.54, 1.807) is 28.9 Å². The van der Waals surface area contributed by atoms with Gasteiger partial charge in [0.2, 0.25) is 14.8 Å². The van der Waals surface area contributed by atoms with Crippen molar-refractivity contribution in [1.29, 1.82) is 0 Å². The molecule has 2 aliphatic rings. The molecule has 5 rings (SSSR count). The van der Waals surface area contributed by atoms with E-state index in [1.165, 1.54) is 15.6 Å². The van der Waals surface area contributed by atoms with Crippen molar-refractivity contribution in [3.05, 3.63) is 52.6 Å². The summed E-state index contributed by atoms with van der Waals surface area (Å²) in [6, 6.07) is 12.2. The summed E-state index contributed by atoms with van der Waals surface area (Å²) in [5.41, 5.74) is 3.88. The Morgan fingerprint density at radius 3 is 2.64 bits per heavy atom. The normalized spacial score (nSPS) is 17.0. The third-order valence-electron chi connectivity index (χ3n) is 6.43. The van der Waals surface area contributed by atoms with Crippen LogP contribution in [0.25, 0.3) is 11.3 Å². The molecule has 0 aliphatic carbocycles. The highest BCUT2D eigenvalue weighted by molar-refractivity contribution is 7.89. The number of anilines is 1. The summed E-state index contributed by atoms with van der Waals surface area (Å²) < 4.78 is 40.0. The van der Waals surface area contributed by atoms with Gasteiger partial charge in [-0.2, -0.15) is 9.41 Å². The Morgan fingerprint density at radius 2 is 1.90 bits per heavy atom. The smallest absolute Gasteiger partial charge is 0.262 e. The van der Waals surface area contributed by atoms with Crippen LogP contribution in [0.3, 0.4) is 0 Å². The van der Waals surface area contributed by atoms with E-state index >= 15 is 0 Å². The van der Waals surface area contributed by atoms with Crippen LogP contribution in [-0.2, 0) is 19.6 Å². The summed E-state index contributed by atoms with van der Waals surface area (Å²) in [4.78, 5) is 17.5. The molecule has 1 N–H and O–H groups in total. The molecular formula is C27H31N5O5S2. The van der Waals surface area contributed by atoms with E-state index in [-0.39, 0.29) is 17.4 Å². The van der Waals surface area contributed by atoms with Gasteiger partial charge in [-0.3, -0.25) is 4.79 Å². The van der Waals surface area contributed by atoms with Gasteiger partial charge in [-0.25, -0.2) is 18.1 Å². The number of carbonyl (C=O) groups excluding carboxylic acids is 1. The van der Waals surface area contributed by atoms with Crippen LogP contribution < -0.4 is 14.9 Å². The standard InChI is InChI=1S/C27H31N5O5S2/c1-3-4-5-19(2)30-32-24(20-6-11-25-23(16-20)29-26(33)17-37-25)18-38-27(32)28-21-7-9-22(10-8-21)39(34,35)31-12-14-36-15-13-31/h6-11,16,18H,3-5,12-15,17H2,1-2H3,(H,29,33). The number of sulfonamides is 1. The first-order chi connectivity index (χ1) is 18.8. The molecule has 1 aromatic heterocycles. The first-order valence-electron chi connectivity index (χ1n) is 12.9. The summed E-state index contributed by atoms with van der Waals surface area (Å²) in [7, 11) is -3.58. The fourth-order valence-electron chi connectivity index (χ4n) is 4.31. The molecule has 2 aliphatic heterocycles. The number of aromatic nitrogens is 1. The Labute approximate surface area is 231 Å². The number of morpholine rings is 1. The zero-order valence-electron chi connectivity index (χ0n) is 21.9. The van der Waals surface area contributed by atoms with E-state index < -0.39 is 10.0 Å². The molecule has 3 heterocycles. The van der Waals surface area contributed by atoms with Crippen LogP contribution in [0.5, 0.6) is 5.75 Å². The van der Waals surface area contributed by atoms with Gasteiger partial charge in [0.1, 0.15) is 5.75 Å². The maximum Gasteiger partial charge on any atom is 0.262 e. The summed E-state index contributed by atoms with van der Waals surface area (Å²) in [6.45, 7) is 5.63. The highest BCUT2D eigenvalue weighted by atomic mass is 32.2. The summed E-state index contributed by atoms with van der Waals surface area (Å²) in [5, 5.41) is 9.72. The van der Waals surface area contributed by atoms with Gasteiger partial charge < -0.3 is 14.8 Å². The molecule has 206 valence electrons. The van der Waals surface area contributed by atoms with Crippen LogP contribution in [-0.4, -0.2) is 61.9 Å². The van der Waals surface area contributed by atoms with Crippen molar-refractivity contribution in [1.82, 2.24) is 8.98 Å². The largest absolute Gasteiger partial charge is 0.482 e. The molecule has 10 nitrogen and oxygen atoms in total. The molecule has 12 heteroatoms. The molecule has 1 amide bonds. The van der Waals surface area contributed by atoms with E-state index in [2.05, 4.69) is 12.2 Å². The van der Waals surface area contributed by atoms with Crippen LogP contribution in [0.4, 0.5) is 11.4 Å². The van der Waals surface area contributed by atoms with Gasteiger partial charge in [-0.1, -0.05) is 13.3 Å². The predicted molar refractivity (Wildman–Crippen MR) is 151 cm³/mol. The Kier molecular flexibility index (Phi) is 8.26. The van der Waals surface area contributed by atoms with Crippen molar-refractivity contribution in [2.75, 3.05) is 38.2 Å². The lowest BCUT2D eigenvalue weighted by Crippen LogP contribution is -2.40. The van der Waals surface area contributed by atoms with Gasteiger partial charge in [0.25, 0.3) is 5.91 Å². The number of hydrogen-bond donors (Lipinski definition) is 1. The average Bonchev–Trinajstić information content (AvgIpc) is 3.33. The van der Waals surface area contributed by atoms with Crippen LogP contribution in [0.15, 0.2) is 62.8 Å². The van der Waals surface area contributed by atoms with E-state index in [1.807, 2.05) is 30.5 Å². The van der Waals surface area contributed by atoms with E-state index in [0.717, 1.165) is 36.2 Å². The predicted octanol–water partition coefficient (Wildman–Crippen LogP) is 4.22. The number of unbranched alkanes of at least 4 members (excludes halogenated alkanes) is 1. The molecule has 0 radical (unpaired) electrons. The maximum atomic E-state index is 13.0.